The van der Waals surface area contributed by atoms with Crippen LogP contribution in [0.1, 0.15) is 12.5 Å². The lowest BCUT2D eigenvalue weighted by atomic mass is 10.2. The number of para-hydroxylation sites is 1. The summed E-state index contributed by atoms with van der Waals surface area (Å²) in [7, 11) is 0. The molecule has 0 heterocycles. The molecule has 0 aliphatic rings. The van der Waals surface area contributed by atoms with Gasteiger partial charge < -0.3 is 5.11 Å². The van der Waals surface area contributed by atoms with Crippen molar-refractivity contribution in [2.45, 2.75) is 6.92 Å². The maximum atomic E-state index is 9.13. The summed E-state index contributed by atoms with van der Waals surface area (Å²) in [5.74, 6) is 0.209. The zero-order valence-corrected chi connectivity index (χ0v) is 5.83. The number of benzene rings is 1. The first-order valence-electron chi connectivity index (χ1n) is 3.17. The van der Waals surface area contributed by atoms with Crippen molar-refractivity contribution in [2.24, 2.45) is 0 Å². The molecule has 0 saturated carbocycles. The zero-order chi connectivity index (χ0) is 7.40. The van der Waals surface area contributed by atoms with Gasteiger partial charge in [0.05, 0.1) is 0 Å². The average molecular weight is 133 g/mol. The Kier molecular flexibility index (Phi) is 2.11. The molecule has 0 saturated heterocycles. The van der Waals surface area contributed by atoms with Crippen LogP contribution in [0.4, 0.5) is 0 Å². The van der Waals surface area contributed by atoms with Gasteiger partial charge in [0, 0.05) is 11.6 Å². The van der Waals surface area contributed by atoms with Crippen LogP contribution < -0.4 is 0 Å². The van der Waals surface area contributed by atoms with Crippen molar-refractivity contribution >= 4 is 6.08 Å². The molecular weight excluding hydrogens is 124 g/mol. The van der Waals surface area contributed by atoms with Gasteiger partial charge in [-0.15, -0.1) is 0 Å². The minimum absolute atomic E-state index is 0.209. The Morgan fingerprint density at radius 2 is 2.40 bits per heavy atom. The Labute approximate surface area is 60.6 Å². The third-order valence-electron chi connectivity index (χ3n) is 1.21. The van der Waals surface area contributed by atoms with Crippen LogP contribution in [-0.2, 0) is 0 Å². The monoisotopic (exact) mass is 133 g/mol. The summed E-state index contributed by atoms with van der Waals surface area (Å²) in [5, 5.41) is 9.13. The maximum Gasteiger partial charge on any atom is 0.130 e. The van der Waals surface area contributed by atoms with E-state index in [2.05, 4.69) is 6.07 Å². The second-order valence-corrected chi connectivity index (χ2v) is 1.97. The highest BCUT2D eigenvalue weighted by Crippen LogP contribution is 2.15. The van der Waals surface area contributed by atoms with Crippen molar-refractivity contribution in [3.05, 3.63) is 35.9 Å². The molecule has 1 nitrogen and oxygen atoms in total. The Hall–Kier alpha value is -1.24. The normalized spacial score (nSPS) is 10.5. The molecule has 0 aliphatic carbocycles. The van der Waals surface area contributed by atoms with Gasteiger partial charge in [0.2, 0.25) is 0 Å². The van der Waals surface area contributed by atoms with Gasteiger partial charge >= 0.3 is 0 Å². The molecule has 1 aromatic rings. The molecule has 0 amide bonds. The maximum absolute atomic E-state index is 9.13. The number of aromatic hydroxyl groups is 1. The van der Waals surface area contributed by atoms with Crippen LogP contribution in [-0.4, -0.2) is 5.11 Å². The molecule has 1 rings (SSSR count). The highest BCUT2D eigenvalue weighted by Gasteiger charge is 1.91. The van der Waals surface area contributed by atoms with Crippen LogP contribution in [0, 0.1) is 6.07 Å². The Bertz CT molecular complexity index is 238. The Morgan fingerprint density at radius 1 is 1.60 bits per heavy atom. The predicted molar refractivity (Wildman–Crippen MR) is 41.7 cm³/mol. The number of phenolic OH excluding ortho intramolecular Hbond substituents is 1. The Balaban J connectivity index is 3.03. The number of phenols is 1. The first kappa shape index (κ1) is 6.87. The van der Waals surface area contributed by atoms with E-state index >= 15 is 0 Å². The minimum Gasteiger partial charge on any atom is -0.507 e. The van der Waals surface area contributed by atoms with Gasteiger partial charge in [-0.25, -0.2) is 0 Å². The lowest BCUT2D eigenvalue weighted by Crippen LogP contribution is -1.71. The zero-order valence-electron chi connectivity index (χ0n) is 5.83. The fourth-order valence-electron chi connectivity index (χ4n) is 0.755. The standard InChI is InChI=1S/C9H9O/c1-2-5-8-6-3-4-7-9(8)10/h2-6,10H,1H3/b5-2+. The van der Waals surface area contributed by atoms with Gasteiger partial charge in [0.15, 0.2) is 0 Å². The van der Waals surface area contributed by atoms with E-state index in [1.807, 2.05) is 31.2 Å². The molecule has 1 heteroatoms. The molecule has 1 aromatic carbocycles. The molecule has 1 radical (unpaired) electrons. The van der Waals surface area contributed by atoms with E-state index in [4.69, 9.17) is 5.11 Å². The summed E-state index contributed by atoms with van der Waals surface area (Å²) in [4.78, 5) is 0. The molecule has 0 aliphatic heterocycles. The fourth-order valence-corrected chi connectivity index (χ4v) is 0.755. The molecule has 0 unspecified atom stereocenters. The largest absolute Gasteiger partial charge is 0.507 e. The van der Waals surface area contributed by atoms with Crippen LogP contribution in [0.15, 0.2) is 24.3 Å². The third kappa shape index (κ3) is 1.38. The van der Waals surface area contributed by atoms with E-state index in [9.17, 15) is 0 Å². The summed E-state index contributed by atoms with van der Waals surface area (Å²) in [6, 6.07) is 8.05. The molecular formula is C9H9O. The van der Waals surface area contributed by atoms with E-state index in [1.165, 1.54) is 0 Å². The topological polar surface area (TPSA) is 20.2 Å². The van der Waals surface area contributed by atoms with Gasteiger partial charge in [0.25, 0.3) is 0 Å². The molecule has 0 atom stereocenters. The molecule has 51 valence electrons. The quantitative estimate of drug-likeness (QED) is 0.622. The van der Waals surface area contributed by atoms with Crippen LogP contribution in [0.25, 0.3) is 6.08 Å². The summed E-state index contributed by atoms with van der Waals surface area (Å²) < 4.78 is 0. The van der Waals surface area contributed by atoms with Gasteiger partial charge in [-0.2, -0.15) is 0 Å². The highest BCUT2D eigenvalue weighted by atomic mass is 16.3. The second kappa shape index (κ2) is 3.06. The predicted octanol–water partition coefficient (Wildman–Crippen LogP) is 2.23. The lowest BCUT2D eigenvalue weighted by molar-refractivity contribution is 0.473. The molecule has 0 bridgehead atoms. The average Bonchev–Trinajstić information content (AvgIpc) is 1.94. The summed E-state index contributed by atoms with van der Waals surface area (Å²) in [6.45, 7) is 1.91. The van der Waals surface area contributed by atoms with Crippen molar-refractivity contribution in [1.29, 1.82) is 0 Å². The van der Waals surface area contributed by atoms with E-state index in [0.29, 0.717) is 0 Å². The fraction of sp³-hybridized carbons (Fsp3) is 0.111. The van der Waals surface area contributed by atoms with Gasteiger partial charge in [-0.05, 0) is 6.92 Å². The van der Waals surface area contributed by atoms with E-state index < -0.39 is 0 Å². The van der Waals surface area contributed by atoms with Crippen molar-refractivity contribution in [2.75, 3.05) is 0 Å². The summed E-state index contributed by atoms with van der Waals surface area (Å²) in [5.41, 5.74) is 0.810. The summed E-state index contributed by atoms with van der Waals surface area (Å²) >= 11 is 0. The van der Waals surface area contributed by atoms with Crippen molar-refractivity contribution in [3.63, 3.8) is 0 Å². The first-order valence-corrected chi connectivity index (χ1v) is 3.17. The lowest BCUT2D eigenvalue weighted by Gasteiger charge is -1.94. The van der Waals surface area contributed by atoms with Crippen LogP contribution in [0.5, 0.6) is 5.75 Å². The minimum atomic E-state index is 0.209. The molecule has 0 spiro atoms. The number of rotatable bonds is 1. The van der Waals surface area contributed by atoms with E-state index in [-0.39, 0.29) is 5.75 Å². The number of allylic oxidation sites excluding steroid dienone is 1. The first-order chi connectivity index (χ1) is 4.84. The smallest absolute Gasteiger partial charge is 0.130 e. The van der Waals surface area contributed by atoms with Gasteiger partial charge in [0.1, 0.15) is 5.75 Å². The van der Waals surface area contributed by atoms with E-state index in [1.54, 1.807) is 6.07 Å². The Morgan fingerprint density at radius 3 is 3.00 bits per heavy atom. The SMILES string of the molecule is C/C=C/c1ccc[c]c1O. The van der Waals surface area contributed by atoms with Gasteiger partial charge in [-0.1, -0.05) is 30.4 Å². The number of hydrogen-bond acceptors (Lipinski definition) is 1. The van der Waals surface area contributed by atoms with Crippen molar-refractivity contribution in [3.8, 4) is 5.75 Å². The molecule has 10 heavy (non-hydrogen) atoms. The van der Waals surface area contributed by atoms with Gasteiger partial charge in [-0.3, -0.25) is 0 Å². The second-order valence-electron chi connectivity index (χ2n) is 1.97. The number of hydrogen-bond donors (Lipinski definition) is 1. The van der Waals surface area contributed by atoms with Crippen LogP contribution in [0.3, 0.4) is 0 Å². The summed E-state index contributed by atoms with van der Waals surface area (Å²) in [6.07, 6.45) is 3.72. The van der Waals surface area contributed by atoms with Crippen molar-refractivity contribution in [1.82, 2.24) is 0 Å². The van der Waals surface area contributed by atoms with Crippen LogP contribution >= 0.6 is 0 Å². The third-order valence-corrected chi connectivity index (χ3v) is 1.21. The molecule has 1 N–H and O–H groups in total. The van der Waals surface area contributed by atoms with E-state index in [0.717, 1.165) is 5.56 Å². The van der Waals surface area contributed by atoms with Crippen LogP contribution in [0.2, 0.25) is 0 Å². The molecule has 0 fully saturated rings. The molecule has 0 aromatic heterocycles. The highest BCUT2D eigenvalue weighted by molar-refractivity contribution is 5.55. The van der Waals surface area contributed by atoms with Crippen molar-refractivity contribution < 1.29 is 5.11 Å².